The highest BCUT2D eigenvalue weighted by molar-refractivity contribution is 6.29. The van der Waals surface area contributed by atoms with Crippen LogP contribution in [0.4, 0.5) is 0 Å². The van der Waals surface area contributed by atoms with Gasteiger partial charge in [-0.3, -0.25) is 0 Å². The smallest absolute Gasteiger partial charge is 0.354 e. The van der Waals surface area contributed by atoms with Crippen molar-refractivity contribution in [2.45, 2.75) is 0 Å². The number of carboxylic acids is 1. The van der Waals surface area contributed by atoms with Crippen LogP contribution in [0.1, 0.15) is 10.5 Å². The van der Waals surface area contributed by atoms with Gasteiger partial charge in [0.25, 0.3) is 0 Å². The molecule has 0 aliphatic rings. The van der Waals surface area contributed by atoms with Crippen molar-refractivity contribution in [2.75, 3.05) is 0 Å². The maximum atomic E-state index is 10.6. The van der Waals surface area contributed by atoms with Gasteiger partial charge in [-0.1, -0.05) is 11.6 Å². The molecule has 0 bridgehead atoms. The van der Waals surface area contributed by atoms with E-state index in [2.05, 4.69) is 15.2 Å². The summed E-state index contributed by atoms with van der Waals surface area (Å²) >= 11 is 5.61. The molecular weight excluding hydrogens is 206 g/mol. The highest BCUT2D eigenvalue weighted by Crippen LogP contribution is 2.14. The Kier molecular flexibility index (Phi) is 2.01. The average molecular weight is 210 g/mol. The monoisotopic (exact) mass is 209 g/mol. The van der Waals surface area contributed by atoms with Crippen LogP contribution in [0.25, 0.3) is 10.9 Å². The van der Waals surface area contributed by atoms with Gasteiger partial charge in [-0.25, -0.2) is 9.78 Å². The molecule has 0 aliphatic carbocycles. The first-order valence-corrected chi connectivity index (χ1v) is 4.07. The fraction of sp³-hybridized carbons (Fsp3) is 0. The Morgan fingerprint density at radius 1 is 1.36 bits per heavy atom. The number of carbonyl (C=O) groups is 1. The van der Waals surface area contributed by atoms with E-state index in [9.17, 15) is 4.79 Å². The molecule has 0 unspecified atom stereocenters. The SMILES string of the molecule is O=C(O)c1cc2cc(Cl)nnc2cn1. The number of hydrogen-bond acceptors (Lipinski definition) is 4. The summed E-state index contributed by atoms with van der Waals surface area (Å²) < 4.78 is 0. The van der Waals surface area contributed by atoms with Crippen molar-refractivity contribution >= 4 is 28.5 Å². The first-order chi connectivity index (χ1) is 6.66. The van der Waals surface area contributed by atoms with Crippen molar-refractivity contribution in [3.63, 3.8) is 0 Å². The van der Waals surface area contributed by atoms with Gasteiger partial charge >= 0.3 is 5.97 Å². The fourth-order valence-corrected chi connectivity index (χ4v) is 1.19. The minimum absolute atomic E-state index is 0.0402. The van der Waals surface area contributed by atoms with Crippen LogP contribution < -0.4 is 0 Å². The van der Waals surface area contributed by atoms with Crippen LogP contribution >= 0.6 is 11.6 Å². The zero-order valence-electron chi connectivity index (χ0n) is 6.81. The van der Waals surface area contributed by atoms with Crippen molar-refractivity contribution in [3.05, 3.63) is 29.2 Å². The summed E-state index contributed by atoms with van der Waals surface area (Å²) in [5, 5.41) is 16.9. The van der Waals surface area contributed by atoms with E-state index in [4.69, 9.17) is 16.7 Å². The molecule has 0 saturated carbocycles. The normalized spacial score (nSPS) is 10.4. The summed E-state index contributed by atoms with van der Waals surface area (Å²) in [6.45, 7) is 0. The van der Waals surface area contributed by atoms with E-state index < -0.39 is 5.97 Å². The van der Waals surface area contributed by atoms with Gasteiger partial charge in [-0.05, 0) is 12.1 Å². The molecule has 14 heavy (non-hydrogen) atoms. The van der Waals surface area contributed by atoms with Crippen LogP contribution in [0.5, 0.6) is 0 Å². The average Bonchev–Trinajstić information content (AvgIpc) is 2.16. The van der Waals surface area contributed by atoms with Crippen LogP contribution in [0.3, 0.4) is 0 Å². The van der Waals surface area contributed by atoms with E-state index in [-0.39, 0.29) is 10.8 Å². The largest absolute Gasteiger partial charge is 0.477 e. The van der Waals surface area contributed by atoms with Crippen LogP contribution in [0, 0.1) is 0 Å². The van der Waals surface area contributed by atoms with Gasteiger partial charge < -0.3 is 5.11 Å². The maximum absolute atomic E-state index is 10.6. The zero-order chi connectivity index (χ0) is 10.1. The molecule has 0 amide bonds. The second-order valence-corrected chi connectivity index (χ2v) is 2.99. The predicted octanol–water partition coefficient (Wildman–Crippen LogP) is 1.38. The summed E-state index contributed by atoms with van der Waals surface area (Å²) in [4.78, 5) is 14.3. The summed E-state index contributed by atoms with van der Waals surface area (Å²) in [6.07, 6.45) is 1.35. The molecule has 0 aliphatic heterocycles. The molecule has 0 atom stereocenters. The molecular formula is C8H4ClN3O2. The summed E-state index contributed by atoms with van der Waals surface area (Å²) in [5.41, 5.74) is 0.473. The van der Waals surface area contributed by atoms with Gasteiger partial charge in [0.2, 0.25) is 0 Å². The number of halogens is 1. The van der Waals surface area contributed by atoms with Gasteiger partial charge in [0.15, 0.2) is 5.15 Å². The van der Waals surface area contributed by atoms with E-state index in [1.807, 2.05) is 0 Å². The van der Waals surface area contributed by atoms with Gasteiger partial charge in [0.05, 0.1) is 6.20 Å². The molecule has 2 rings (SSSR count). The number of aromatic carboxylic acids is 1. The molecule has 1 N–H and O–H groups in total. The van der Waals surface area contributed by atoms with Crippen LogP contribution in [0.2, 0.25) is 5.15 Å². The van der Waals surface area contributed by atoms with Crippen molar-refractivity contribution in [1.82, 2.24) is 15.2 Å². The molecule has 0 fully saturated rings. The number of pyridine rings is 1. The molecule has 6 heteroatoms. The van der Waals surface area contributed by atoms with E-state index in [1.54, 1.807) is 0 Å². The Morgan fingerprint density at radius 2 is 2.14 bits per heavy atom. The molecule has 70 valence electrons. The molecule has 0 aromatic carbocycles. The lowest BCUT2D eigenvalue weighted by Gasteiger charge is -1.97. The first-order valence-electron chi connectivity index (χ1n) is 3.69. The highest BCUT2D eigenvalue weighted by atomic mass is 35.5. The topological polar surface area (TPSA) is 76.0 Å². The Balaban J connectivity index is 2.69. The summed E-state index contributed by atoms with van der Waals surface area (Å²) in [6, 6.07) is 2.94. The quantitative estimate of drug-likeness (QED) is 0.768. The third-order valence-electron chi connectivity index (χ3n) is 1.66. The fourth-order valence-electron chi connectivity index (χ4n) is 1.04. The Hall–Kier alpha value is -1.75. The second-order valence-electron chi connectivity index (χ2n) is 2.60. The van der Waals surface area contributed by atoms with Gasteiger partial charge in [-0.2, -0.15) is 0 Å². The van der Waals surface area contributed by atoms with Crippen molar-refractivity contribution in [3.8, 4) is 0 Å². The van der Waals surface area contributed by atoms with E-state index in [0.717, 1.165) is 0 Å². The highest BCUT2D eigenvalue weighted by Gasteiger charge is 2.06. The zero-order valence-corrected chi connectivity index (χ0v) is 7.56. The van der Waals surface area contributed by atoms with Crippen molar-refractivity contribution in [1.29, 1.82) is 0 Å². The lowest BCUT2D eigenvalue weighted by atomic mass is 10.2. The molecule has 2 heterocycles. The van der Waals surface area contributed by atoms with Crippen molar-refractivity contribution < 1.29 is 9.90 Å². The lowest BCUT2D eigenvalue weighted by molar-refractivity contribution is 0.0690. The molecule has 0 saturated heterocycles. The Morgan fingerprint density at radius 3 is 2.86 bits per heavy atom. The third-order valence-corrected chi connectivity index (χ3v) is 1.85. The number of nitrogens with zero attached hydrogens (tertiary/aromatic N) is 3. The van der Waals surface area contributed by atoms with Crippen LogP contribution in [-0.4, -0.2) is 26.3 Å². The predicted molar refractivity (Wildman–Crippen MR) is 49.3 cm³/mol. The maximum Gasteiger partial charge on any atom is 0.354 e. The molecule has 2 aromatic rings. The summed E-state index contributed by atoms with van der Waals surface area (Å²) in [5.74, 6) is -1.08. The van der Waals surface area contributed by atoms with Gasteiger partial charge in [0, 0.05) is 5.39 Å². The number of hydrogen-bond donors (Lipinski definition) is 1. The Bertz CT molecular complexity index is 515. The van der Waals surface area contributed by atoms with Crippen LogP contribution in [-0.2, 0) is 0 Å². The van der Waals surface area contributed by atoms with E-state index in [0.29, 0.717) is 10.9 Å². The molecule has 0 radical (unpaired) electrons. The standard InChI is InChI=1S/C8H4ClN3O2/c9-7-2-4-1-5(8(13)14)10-3-6(4)11-12-7/h1-3H,(H,13,14). The number of carboxylic acid groups (broad SMARTS) is 1. The lowest BCUT2D eigenvalue weighted by Crippen LogP contribution is -2.00. The van der Waals surface area contributed by atoms with E-state index in [1.165, 1.54) is 18.3 Å². The van der Waals surface area contributed by atoms with Gasteiger partial charge in [0.1, 0.15) is 11.2 Å². The summed E-state index contributed by atoms with van der Waals surface area (Å²) in [7, 11) is 0. The Labute approximate surface area is 83.4 Å². The number of rotatable bonds is 1. The van der Waals surface area contributed by atoms with E-state index >= 15 is 0 Å². The van der Waals surface area contributed by atoms with Gasteiger partial charge in [-0.15, -0.1) is 10.2 Å². The third kappa shape index (κ3) is 1.49. The minimum atomic E-state index is -1.08. The van der Waals surface area contributed by atoms with Crippen molar-refractivity contribution in [2.24, 2.45) is 0 Å². The van der Waals surface area contributed by atoms with Crippen LogP contribution in [0.15, 0.2) is 18.3 Å². The molecule has 0 spiro atoms. The number of aromatic nitrogens is 3. The molecule has 5 nitrogen and oxygen atoms in total. The molecule has 2 aromatic heterocycles. The first kappa shape index (κ1) is 8.83. The minimum Gasteiger partial charge on any atom is -0.477 e. The number of fused-ring (bicyclic) bond motifs is 1. The second kappa shape index (κ2) is 3.19.